The van der Waals surface area contributed by atoms with Gasteiger partial charge in [-0.15, -0.1) is 13.2 Å². The van der Waals surface area contributed by atoms with Gasteiger partial charge in [-0.3, -0.25) is 4.57 Å². The van der Waals surface area contributed by atoms with Gasteiger partial charge in [-0.1, -0.05) is 12.1 Å². The quantitative estimate of drug-likeness (QED) is 0.816. The van der Waals surface area contributed by atoms with Crippen LogP contribution in [0.1, 0.15) is 10.4 Å². The summed E-state index contributed by atoms with van der Waals surface area (Å²) in [7, 11) is 0. The second kappa shape index (κ2) is 3.26. The number of fused-ring (bicyclic) bond motifs is 1. The summed E-state index contributed by atoms with van der Waals surface area (Å²) in [5, 5.41) is 9.06. The van der Waals surface area contributed by atoms with Crippen LogP contribution in [0, 0.1) is 0 Å². The number of benzene rings is 1. The van der Waals surface area contributed by atoms with Crippen LogP contribution in [0.2, 0.25) is 0 Å². The predicted octanol–water partition coefficient (Wildman–Crippen LogP) is 2.82. The summed E-state index contributed by atoms with van der Waals surface area (Å²) in [6.45, 7) is 0. The van der Waals surface area contributed by atoms with Gasteiger partial charge in [-0.05, 0) is 12.1 Å². The number of nitrogens with zero attached hydrogens (tertiary/aromatic N) is 1. The maximum Gasteiger partial charge on any atom is 0.488 e. The Kier molecular flexibility index (Phi) is 2.15. The van der Waals surface area contributed by atoms with Crippen LogP contribution in [-0.2, 0) is 6.30 Å². The summed E-state index contributed by atoms with van der Waals surface area (Å²) in [4.78, 5) is 10.8. The first-order valence-corrected chi connectivity index (χ1v) is 4.32. The Balaban J connectivity index is 2.83. The van der Waals surface area contributed by atoms with E-state index in [0.29, 0.717) is 0 Å². The van der Waals surface area contributed by atoms with Gasteiger partial charge < -0.3 is 5.11 Å². The molecule has 0 amide bonds. The molecule has 0 unspecified atom stereocenters. The molecule has 0 fully saturated rings. The lowest BCUT2D eigenvalue weighted by Gasteiger charge is -2.10. The lowest BCUT2D eigenvalue weighted by molar-refractivity contribution is -0.200. The van der Waals surface area contributed by atoms with E-state index < -0.39 is 12.3 Å². The van der Waals surface area contributed by atoms with Gasteiger partial charge in [0.1, 0.15) is 0 Å². The van der Waals surface area contributed by atoms with Gasteiger partial charge in [0.15, 0.2) is 0 Å². The Hall–Kier alpha value is -1.98. The first-order chi connectivity index (χ1) is 7.41. The summed E-state index contributed by atoms with van der Waals surface area (Å²) >= 11 is 0. The van der Waals surface area contributed by atoms with E-state index in [-0.39, 0.29) is 21.0 Å². The van der Waals surface area contributed by atoms with Gasteiger partial charge in [0.05, 0.1) is 11.1 Å². The highest BCUT2D eigenvalue weighted by atomic mass is 19.4. The topological polar surface area (TPSA) is 42.2 Å². The summed E-state index contributed by atoms with van der Waals surface area (Å²) in [6.07, 6.45) is -3.80. The molecule has 1 heterocycles. The van der Waals surface area contributed by atoms with Crippen molar-refractivity contribution < 1.29 is 23.1 Å². The van der Waals surface area contributed by atoms with Crippen LogP contribution in [0.5, 0.6) is 0 Å². The minimum atomic E-state index is -4.62. The number of aromatic carboxylic acids is 1. The van der Waals surface area contributed by atoms with Gasteiger partial charge in [0, 0.05) is 11.6 Å². The molecule has 6 heteroatoms. The molecule has 0 saturated carbocycles. The predicted molar refractivity (Wildman–Crippen MR) is 50.2 cm³/mol. The number of carboxylic acid groups (broad SMARTS) is 1. The van der Waals surface area contributed by atoms with Crippen molar-refractivity contribution in [3.8, 4) is 0 Å². The van der Waals surface area contributed by atoms with Gasteiger partial charge in [-0.2, -0.15) is 0 Å². The molecule has 0 atom stereocenters. The van der Waals surface area contributed by atoms with Gasteiger partial charge in [-0.25, -0.2) is 4.79 Å². The van der Waals surface area contributed by atoms with E-state index in [2.05, 4.69) is 0 Å². The first kappa shape index (κ1) is 10.5. The molecule has 0 spiro atoms. The molecule has 1 N–H and O–H groups in total. The van der Waals surface area contributed by atoms with Crippen molar-refractivity contribution in [3.63, 3.8) is 0 Å². The summed E-state index contributed by atoms with van der Waals surface area (Å²) in [5.74, 6) is -1.38. The van der Waals surface area contributed by atoms with Crippen molar-refractivity contribution in [1.82, 2.24) is 4.57 Å². The molecule has 0 aliphatic carbocycles. The number of halogens is 3. The molecule has 16 heavy (non-hydrogen) atoms. The lowest BCUT2D eigenvalue weighted by Crippen LogP contribution is -2.16. The molecule has 3 nitrogen and oxygen atoms in total. The van der Waals surface area contributed by atoms with E-state index in [4.69, 9.17) is 5.11 Å². The average molecular weight is 229 g/mol. The van der Waals surface area contributed by atoms with Crippen LogP contribution in [0.25, 0.3) is 10.9 Å². The highest BCUT2D eigenvalue weighted by Crippen LogP contribution is 2.30. The highest BCUT2D eigenvalue weighted by Gasteiger charge is 2.32. The summed E-state index contributed by atoms with van der Waals surface area (Å²) in [6, 6.07) is 5.22. The van der Waals surface area contributed by atoms with Crippen molar-refractivity contribution in [2.24, 2.45) is 0 Å². The molecule has 2 rings (SSSR count). The van der Waals surface area contributed by atoms with E-state index in [0.717, 1.165) is 12.3 Å². The van der Waals surface area contributed by atoms with Crippen LogP contribution in [0.3, 0.4) is 0 Å². The molecular weight excluding hydrogens is 223 g/mol. The number of hydrogen-bond donors (Lipinski definition) is 1. The normalized spacial score (nSPS) is 11.9. The molecule has 0 radical (unpaired) electrons. The third-order valence-corrected chi connectivity index (χ3v) is 2.21. The van der Waals surface area contributed by atoms with Crippen LogP contribution >= 0.6 is 0 Å². The van der Waals surface area contributed by atoms with E-state index in [9.17, 15) is 18.0 Å². The summed E-state index contributed by atoms with van der Waals surface area (Å²) in [5.41, 5.74) is -0.692. The molecule has 84 valence electrons. The highest BCUT2D eigenvalue weighted by molar-refractivity contribution is 6.02. The number of alkyl halides is 3. The molecular formula is C10H6F3NO2. The van der Waals surface area contributed by atoms with Crippen LogP contribution in [0.4, 0.5) is 13.2 Å². The van der Waals surface area contributed by atoms with Crippen molar-refractivity contribution in [2.45, 2.75) is 6.30 Å². The van der Waals surface area contributed by atoms with Crippen LogP contribution in [0.15, 0.2) is 30.5 Å². The lowest BCUT2D eigenvalue weighted by atomic mass is 10.1. The Morgan fingerprint density at radius 1 is 1.25 bits per heavy atom. The molecule has 2 aromatic rings. The first-order valence-electron chi connectivity index (χ1n) is 4.32. The van der Waals surface area contributed by atoms with Crippen molar-refractivity contribution in [3.05, 3.63) is 36.0 Å². The van der Waals surface area contributed by atoms with Gasteiger partial charge >= 0.3 is 12.3 Å². The smallest absolute Gasteiger partial charge is 0.478 e. The molecule has 0 saturated heterocycles. The number of aromatic nitrogens is 1. The standard InChI is InChI=1S/C10H6F3NO2/c11-10(12,13)14-5-4-6-2-1-3-7(8(6)14)9(15)16/h1-5H,(H,15,16). The monoisotopic (exact) mass is 229 g/mol. The number of hydrogen-bond acceptors (Lipinski definition) is 1. The van der Waals surface area contributed by atoms with Crippen molar-refractivity contribution >= 4 is 16.9 Å². The molecule has 0 aliphatic heterocycles. The largest absolute Gasteiger partial charge is 0.488 e. The van der Waals surface area contributed by atoms with Gasteiger partial charge in [0.2, 0.25) is 0 Å². The number of rotatable bonds is 1. The van der Waals surface area contributed by atoms with E-state index in [1.807, 2.05) is 0 Å². The molecule has 0 bridgehead atoms. The van der Waals surface area contributed by atoms with E-state index in [1.165, 1.54) is 18.2 Å². The Labute approximate surface area is 87.7 Å². The minimum absolute atomic E-state index is 0.00574. The molecule has 1 aromatic carbocycles. The Bertz CT molecular complexity index is 557. The fourth-order valence-corrected chi connectivity index (χ4v) is 1.58. The number of carbonyl (C=O) groups is 1. The SMILES string of the molecule is O=C(O)c1cccc2ccn(C(F)(F)F)c12. The van der Waals surface area contributed by atoms with Crippen LogP contribution < -0.4 is 0 Å². The zero-order chi connectivity index (χ0) is 11.9. The Morgan fingerprint density at radius 2 is 1.94 bits per heavy atom. The third-order valence-electron chi connectivity index (χ3n) is 2.21. The molecule has 0 aliphatic rings. The number of para-hydroxylation sites is 1. The molecule has 1 aromatic heterocycles. The second-order valence-corrected chi connectivity index (χ2v) is 3.20. The zero-order valence-corrected chi connectivity index (χ0v) is 7.82. The summed E-state index contributed by atoms with van der Waals surface area (Å²) < 4.78 is 37.7. The number of carboxylic acids is 1. The minimum Gasteiger partial charge on any atom is -0.478 e. The maximum absolute atomic E-state index is 12.6. The van der Waals surface area contributed by atoms with Crippen molar-refractivity contribution in [1.29, 1.82) is 0 Å². The fourth-order valence-electron chi connectivity index (χ4n) is 1.58. The third kappa shape index (κ3) is 1.52. The zero-order valence-electron chi connectivity index (χ0n) is 7.82. The average Bonchev–Trinajstić information content (AvgIpc) is 2.59. The maximum atomic E-state index is 12.6. The van der Waals surface area contributed by atoms with Crippen LogP contribution in [-0.4, -0.2) is 15.6 Å². The van der Waals surface area contributed by atoms with Gasteiger partial charge in [0.25, 0.3) is 0 Å². The Morgan fingerprint density at radius 3 is 2.50 bits per heavy atom. The second-order valence-electron chi connectivity index (χ2n) is 3.20. The fraction of sp³-hybridized carbons (Fsp3) is 0.100. The van der Waals surface area contributed by atoms with Crippen molar-refractivity contribution in [2.75, 3.05) is 0 Å². The van der Waals surface area contributed by atoms with E-state index >= 15 is 0 Å². The van der Waals surface area contributed by atoms with E-state index in [1.54, 1.807) is 0 Å².